The summed E-state index contributed by atoms with van der Waals surface area (Å²) in [7, 11) is 0. The van der Waals surface area contributed by atoms with Crippen molar-refractivity contribution in [3.63, 3.8) is 0 Å². The average Bonchev–Trinajstić information content (AvgIpc) is 3.80. The molecule has 3 nitrogen and oxygen atoms in total. The second kappa shape index (κ2) is 6.82. The van der Waals surface area contributed by atoms with Crippen molar-refractivity contribution in [2.75, 3.05) is 0 Å². The summed E-state index contributed by atoms with van der Waals surface area (Å²) in [4.78, 5) is 5.69. The molecule has 2 aliphatic heterocycles. The van der Waals surface area contributed by atoms with Crippen LogP contribution in [0.25, 0.3) is 55.4 Å². The molecule has 12 rings (SSSR count). The number of aromatic nitrogens is 3. The molecular weight excluding hydrogens is 545 g/mol. The summed E-state index contributed by atoms with van der Waals surface area (Å²) in [6, 6.07) is 19.4. The van der Waals surface area contributed by atoms with Gasteiger partial charge in [-0.3, -0.25) is 8.97 Å². The number of aryl methyl sites for hydroxylation is 2. The average molecular weight is 584 g/mol. The molecule has 2 aromatic heterocycles. The molecule has 0 N–H and O–H groups in total. The molecule has 1 saturated carbocycles. The maximum absolute atomic E-state index is 5.69. The van der Waals surface area contributed by atoms with Crippen LogP contribution in [-0.4, -0.2) is 20.7 Å². The van der Waals surface area contributed by atoms with Crippen molar-refractivity contribution in [1.82, 2.24) is 14.0 Å². The van der Waals surface area contributed by atoms with Crippen molar-refractivity contribution in [3.05, 3.63) is 76.3 Å². The summed E-state index contributed by atoms with van der Waals surface area (Å²) < 4.78 is 5.30. The van der Waals surface area contributed by atoms with Gasteiger partial charge in [-0.05, 0) is 117 Å². The Morgan fingerprint density at radius 3 is 2.38 bits per heavy atom. The van der Waals surface area contributed by atoms with Crippen molar-refractivity contribution in [2.45, 2.75) is 90.9 Å². The highest BCUT2D eigenvalue weighted by Crippen LogP contribution is 2.62. The van der Waals surface area contributed by atoms with Crippen LogP contribution in [0.4, 0.5) is 0 Å². The van der Waals surface area contributed by atoms with E-state index in [9.17, 15) is 0 Å². The van der Waals surface area contributed by atoms with Crippen LogP contribution >= 0.6 is 0 Å². The van der Waals surface area contributed by atoms with E-state index in [0.717, 1.165) is 25.0 Å². The van der Waals surface area contributed by atoms with Gasteiger partial charge in [0.1, 0.15) is 0 Å². The predicted molar refractivity (Wildman–Crippen MR) is 188 cm³/mol. The van der Waals surface area contributed by atoms with E-state index in [1.807, 2.05) is 0 Å². The van der Waals surface area contributed by atoms with Crippen LogP contribution in [0.5, 0.6) is 0 Å². The van der Waals surface area contributed by atoms with Crippen LogP contribution in [0.2, 0.25) is 0 Å². The van der Waals surface area contributed by atoms with E-state index in [2.05, 4.69) is 99.0 Å². The molecule has 6 aliphatic rings. The smallest absolute Gasteiger partial charge is 0.243 e. The normalized spacial score (nSPS) is 27.2. The third-order valence-corrected chi connectivity index (χ3v) is 13.9. The van der Waals surface area contributed by atoms with E-state index in [1.54, 1.807) is 33.2 Å². The Morgan fingerprint density at radius 1 is 0.778 bits per heavy atom. The van der Waals surface area contributed by atoms with Crippen LogP contribution in [0.15, 0.2) is 54.0 Å². The summed E-state index contributed by atoms with van der Waals surface area (Å²) in [6.45, 7) is 15.4. The lowest BCUT2D eigenvalue weighted by molar-refractivity contribution is 0.332. The monoisotopic (exact) mass is 583 g/mol. The fourth-order valence-corrected chi connectivity index (χ4v) is 12.7. The standard InChI is InChI=1S/C41H38BN3/c1-38(2)19-39(3,4)36-35(38)42-26-10-8-7-9-22(26)31-23-13-11-21-12-14-28-32(30(21)23)34(33(31)42)45(36)37-43-27-17-24-25(18-29(27)44(28)37)41(6)16-15-40(24,5)20-41/h7-10,12,14,17-18H,11,13,15-16,19-20H2,1-6H3. The van der Waals surface area contributed by atoms with Gasteiger partial charge in [-0.15, -0.1) is 0 Å². The minimum Gasteiger partial charge on any atom is -0.284 e. The first kappa shape index (κ1) is 24.4. The minimum atomic E-state index is 0.0271. The van der Waals surface area contributed by atoms with Crippen molar-refractivity contribution in [1.29, 1.82) is 0 Å². The lowest BCUT2D eigenvalue weighted by Crippen LogP contribution is -2.47. The lowest BCUT2D eigenvalue weighted by atomic mass is 9.34. The van der Waals surface area contributed by atoms with Gasteiger partial charge >= 0.3 is 0 Å². The highest BCUT2D eigenvalue weighted by atomic mass is 15.2. The fourth-order valence-electron chi connectivity index (χ4n) is 12.7. The Hall–Kier alpha value is -3.79. The van der Waals surface area contributed by atoms with Crippen LogP contribution in [0, 0.1) is 10.8 Å². The fraction of sp³-hybridized carbons (Fsp3) is 0.390. The number of benzene rings is 4. The zero-order valence-electron chi connectivity index (χ0n) is 27.3. The highest BCUT2D eigenvalue weighted by molar-refractivity contribution is 6.97. The summed E-state index contributed by atoms with van der Waals surface area (Å²) in [5.74, 6) is 1.11. The van der Waals surface area contributed by atoms with Gasteiger partial charge < -0.3 is 0 Å². The third-order valence-electron chi connectivity index (χ3n) is 13.9. The van der Waals surface area contributed by atoms with E-state index in [0.29, 0.717) is 6.71 Å². The van der Waals surface area contributed by atoms with Gasteiger partial charge in [-0.2, -0.15) is 0 Å². The van der Waals surface area contributed by atoms with Gasteiger partial charge in [0.15, 0.2) is 0 Å². The summed E-state index contributed by atoms with van der Waals surface area (Å²) in [6.07, 6.45) is 7.30. The molecule has 0 radical (unpaired) electrons. The van der Waals surface area contributed by atoms with Gasteiger partial charge in [-0.1, -0.05) is 82.8 Å². The molecule has 4 aliphatic carbocycles. The molecule has 0 saturated heterocycles. The van der Waals surface area contributed by atoms with Gasteiger partial charge in [0.25, 0.3) is 0 Å². The van der Waals surface area contributed by atoms with Crippen LogP contribution < -0.4 is 10.9 Å². The number of allylic oxidation sites excluding steroid dienone is 2. The zero-order chi connectivity index (χ0) is 30.2. The largest absolute Gasteiger partial charge is 0.284 e. The number of hydrogen-bond donors (Lipinski definition) is 0. The minimum absolute atomic E-state index is 0.0271. The Labute approximate surface area is 264 Å². The molecule has 2 atom stereocenters. The second-order valence-electron chi connectivity index (χ2n) is 17.6. The van der Waals surface area contributed by atoms with Crippen LogP contribution in [0.1, 0.15) is 89.5 Å². The number of imidazole rings is 1. The third kappa shape index (κ3) is 2.41. The predicted octanol–water partition coefficient (Wildman–Crippen LogP) is 8.22. The van der Waals surface area contributed by atoms with Crippen molar-refractivity contribution >= 4 is 62.0 Å². The molecule has 2 unspecified atom stereocenters. The van der Waals surface area contributed by atoms with Gasteiger partial charge in [-0.25, -0.2) is 4.98 Å². The maximum Gasteiger partial charge on any atom is 0.243 e. The highest BCUT2D eigenvalue weighted by Gasteiger charge is 2.56. The quantitative estimate of drug-likeness (QED) is 0.165. The Bertz CT molecular complexity index is 2540. The first-order valence-corrected chi connectivity index (χ1v) is 17.4. The van der Waals surface area contributed by atoms with Crippen LogP contribution in [-0.2, 0) is 23.7 Å². The summed E-state index contributed by atoms with van der Waals surface area (Å²) in [5.41, 5.74) is 21.5. The molecule has 45 heavy (non-hydrogen) atoms. The molecule has 6 aromatic rings. The zero-order valence-corrected chi connectivity index (χ0v) is 27.3. The van der Waals surface area contributed by atoms with Crippen LogP contribution in [0.3, 0.4) is 0 Å². The Morgan fingerprint density at radius 2 is 1.56 bits per heavy atom. The van der Waals surface area contributed by atoms with Gasteiger partial charge in [0.2, 0.25) is 12.5 Å². The molecule has 0 spiro atoms. The van der Waals surface area contributed by atoms with E-state index < -0.39 is 0 Å². The number of hydrogen-bond acceptors (Lipinski definition) is 1. The maximum atomic E-state index is 5.69. The van der Waals surface area contributed by atoms with E-state index in [1.165, 1.54) is 74.4 Å². The first-order valence-electron chi connectivity index (χ1n) is 17.4. The van der Waals surface area contributed by atoms with E-state index in [-0.39, 0.29) is 21.7 Å². The second-order valence-corrected chi connectivity index (χ2v) is 17.6. The number of nitrogens with zero attached hydrogens (tertiary/aromatic N) is 3. The molecule has 1 fully saturated rings. The molecule has 0 amide bonds. The van der Waals surface area contributed by atoms with Gasteiger partial charge in [0, 0.05) is 16.5 Å². The number of fused-ring (bicyclic) bond motifs is 16. The van der Waals surface area contributed by atoms with Crippen molar-refractivity contribution in [3.8, 4) is 11.1 Å². The van der Waals surface area contributed by atoms with Crippen molar-refractivity contribution in [2.24, 2.45) is 10.8 Å². The first-order chi connectivity index (χ1) is 21.5. The summed E-state index contributed by atoms with van der Waals surface area (Å²) in [5, 5.41) is 3.02. The lowest BCUT2D eigenvalue weighted by Gasteiger charge is -2.34. The topological polar surface area (TPSA) is 22.2 Å². The Kier molecular flexibility index (Phi) is 3.71. The Balaban J connectivity index is 1.37. The molecule has 2 bridgehead atoms. The molecule has 4 aromatic carbocycles. The van der Waals surface area contributed by atoms with E-state index >= 15 is 0 Å². The number of rotatable bonds is 0. The molecule has 220 valence electrons. The summed E-state index contributed by atoms with van der Waals surface area (Å²) >= 11 is 0. The molecule has 4 heterocycles. The SMILES string of the molecule is CC1(C)CC(C)(C)C2=C1B1c3ccccc3-c3c4c5c(ccc6c5c(c31)n2c1nc2cc3c(cc2n61)C1(C)CCC3(C)C1)CC4. The van der Waals surface area contributed by atoms with Crippen molar-refractivity contribution < 1.29 is 0 Å². The molecule has 4 heteroatoms. The van der Waals surface area contributed by atoms with E-state index in [4.69, 9.17) is 4.98 Å². The van der Waals surface area contributed by atoms with Gasteiger partial charge in [0.05, 0.1) is 22.1 Å². The molecular formula is C41H38BN3.